The lowest BCUT2D eigenvalue weighted by atomic mass is 10.1. The Morgan fingerprint density at radius 1 is 1.15 bits per heavy atom. The summed E-state index contributed by atoms with van der Waals surface area (Å²) in [6.07, 6.45) is -0.698. The minimum atomic E-state index is -0.904. The second kappa shape index (κ2) is 10.3. The van der Waals surface area contributed by atoms with Gasteiger partial charge in [0.2, 0.25) is 23.2 Å². The van der Waals surface area contributed by atoms with E-state index in [0.29, 0.717) is 40.1 Å². The second-order valence-electron chi connectivity index (χ2n) is 7.27. The Hall–Kier alpha value is -3.40. The van der Waals surface area contributed by atoms with Crippen molar-refractivity contribution in [1.82, 2.24) is 15.2 Å². The molecule has 0 aliphatic carbocycles. The Bertz CT molecular complexity index is 1210. The number of amides is 1. The topological polar surface area (TPSA) is 86.7 Å². The Kier molecular flexibility index (Phi) is 7.16. The van der Waals surface area contributed by atoms with Gasteiger partial charge in [0.15, 0.2) is 17.2 Å². The van der Waals surface area contributed by atoms with Crippen molar-refractivity contribution >= 4 is 23.4 Å². The standard InChI is InChI=1S/C24H25FN4O4S/c1-5-20(30)29-17-10-9-15(25)13-16(17)21-22(26-24(28-27-21)34-7-3)33-23(29)14-8-11-18(32-6-2)19(12-14)31-4/h8-13,23H,5-7H2,1-4H3. The highest BCUT2D eigenvalue weighted by atomic mass is 32.2. The van der Waals surface area contributed by atoms with Crippen LogP contribution in [0.3, 0.4) is 0 Å². The summed E-state index contributed by atoms with van der Waals surface area (Å²) in [6, 6.07) is 9.50. The predicted octanol–water partition coefficient (Wildman–Crippen LogP) is 5.03. The van der Waals surface area contributed by atoms with Crippen LogP contribution >= 0.6 is 11.8 Å². The highest BCUT2D eigenvalue weighted by Gasteiger charge is 2.36. The fourth-order valence-corrected chi connectivity index (χ4v) is 4.20. The van der Waals surface area contributed by atoms with Crippen LogP contribution in [0.5, 0.6) is 17.4 Å². The summed E-state index contributed by atoms with van der Waals surface area (Å²) in [5.74, 6) is 1.30. The highest BCUT2D eigenvalue weighted by Crippen LogP contribution is 2.45. The zero-order valence-corrected chi connectivity index (χ0v) is 20.2. The van der Waals surface area contributed by atoms with Gasteiger partial charge in [-0.3, -0.25) is 9.69 Å². The van der Waals surface area contributed by atoms with Gasteiger partial charge >= 0.3 is 0 Å². The summed E-state index contributed by atoms with van der Waals surface area (Å²) in [4.78, 5) is 19.3. The van der Waals surface area contributed by atoms with Crippen LogP contribution in [0.2, 0.25) is 0 Å². The number of thioether (sulfide) groups is 1. The summed E-state index contributed by atoms with van der Waals surface area (Å²) >= 11 is 1.41. The number of carbonyl (C=O) groups is 1. The minimum absolute atomic E-state index is 0.169. The molecule has 0 N–H and O–H groups in total. The van der Waals surface area contributed by atoms with Crippen molar-refractivity contribution in [3.63, 3.8) is 0 Å². The first-order valence-corrected chi connectivity index (χ1v) is 12.0. The smallest absolute Gasteiger partial charge is 0.247 e. The molecule has 4 rings (SSSR count). The van der Waals surface area contributed by atoms with Gasteiger partial charge < -0.3 is 14.2 Å². The van der Waals surface area contributed by atoms with Crippen molar-refractivity contribution in [2.75, 3.05) is 24.4 Å². The molecule has 0 bridgehead atoms. The van der Waals surface area contributed by atoms with E-state index in [1.807, 2.05) is 13.8 Å². The average molecular weight is 485 g/mol. The van der Waals surface area contributed by atoms with Gasteiger partial charge in [0.1, 0.15) is 5.82 Å². The van der Waals surface area contributed by atoms with Crippen LogP contribution in [-0.2, 0) is 4.79 Å². The summed E-state index contributed by atoms with van der Waals surface area (Å²) in [6.45, 7) is 6.09. The molecule has 178 valence electrons. The Morgan fingerprint density at radius 3 is 2.68 bits per heavy atom. The van der Waals surface area contributed by atoms with E-state index in [-0.39, 0.29) is 23.9 Å². The molecule has 1 aromatic heterocycles. The molecule has 8 nitrogen and oxygen atoms in total. The molecule has 0 saturated carbocycles. The van der Waals surface area contributed by atoms with Gasteiger partial charge in [-0.25, -0.2) is 4.39 Å². The van der Waals surface area contributed by atoms with Gasteiger partial charge in [0, 0.05) is 17.5 Å². The maximum Gasteiger partial charge on any atom is 0.247 e. The molecule has 0 fully saturated rings. The number of ether oxygens (including phenoxy) is 3. The zero-order valence-electron chi connectivity index (χ0n) is 19.4. The van der Waals surface area contributed by atoms with Crippen molar-refractivity contribution in [3.8, 4) is 28.6 Å². The maximum atomic E-state index is 14.3. The molecule has 1 amide bonds. The maximum absolute atomic E-state index is 14.3. The lowest BCUT2D eigenvalue weighted by Gasteiger charge is -2.31. The van der Waals surface area contributed by atoms with Crippen molar-refractivity contribution in [2.45, 2.75) is 38.6 Å². The number of hydrogen-bond acceptors (Lipinski definition) is 8. The molecule has 1 unspecified atom stereocenters. The summed E-state index contributed by atoms with van der Waals surface area (Å²) < 4.78 is 31.8. The van der Waals surface area contributed by atoms with Crippen LogP contribution in [0.4, 0.5) is 10.1 Å². The molecule has 1 aliphatic rings. The number of aromatic nitrogens is 3. The number of fused-ring (bicyclic) bond motifs is 3. The van der Waals surface area contributed by atoms with E-state index in [2.05, 4.69) is 15.2 Å². The molecule has 10 heteroatoms. The normalized spacial score (nSPS) is 14.5. The van der Waals surface area contributed by atoms with Crippen molar-refractivity contribution in [2.24, 2.45) is 0 Å². The first-order chi connectivity index (χ1) is 16.5. The molecule has 1 atom stereocenters. The van der Waals surface area contributed by atoms with Gasteiger partial charge in [-0.2, -0.15) is 4.98 Å². The predicted molar refractivity (Wildman–Crippen MR) is 127 cm³/mol. The SMILES string of the molecule is CCOc1ccc(C2Oc3nc(SCC)nnc3-c3cc(F)ccc3N2C(=O)CC)cc1OC. The Balaban J connectivity index is 1.94. The van der Waals surface area contributed by atoms with Crippen LogP contribution in [-0.4, -0.2) is 40.6 Å². The molecule has 2 heterocycles. The third-order valence-electron chi connectivity index (χ3n) is 5.18. The Morgan fingerprint density at radius 2 is 1.97 bits per heavy atom. The summed E-state index contributed by atoms with van der Waals surface area (Å²) in [5.41, 5.74) is 1.74. The average Bonchev–Trinajstić information content (AvgIpc) is 2.98. The van der Waals surface area contributed by atoms with Gasteiger partial charge in [0.05, 0.1) is 19.4 Å². The third kappa shape index (κ3) is 4.50. The third-order valence-corrected chi connectivity index (χ3v) is 5.90. The number of rotatable bonds is 7. The van der Waals surface area contributed by atoms with Crippen LogP contribution in [0, 0.1) is 5.82 Å². The number of nitrogens with zero attached hydrogens (tertiary/aromatic N) is 4. The largest absolute Gasteiger partial charge is 0.493 e. The molecule has 0 spiro atoms. The van der Waals surface area contributed by atoms with E-state index >= 15 is 0 Å². The van der Waals surface area contributed by atoms with Crippen molar-refractivity contribution in [1.29, 1.82) is 0 Å². The first kappa shape index (κ1) is 23.7. The van der Waals surface area contributed by atoms with E-state index in [1.54, 1.807) is 38.3 Å². The molecule has 0 saturated heterocycles. The summed E-state index contributed by atoms with van der Waals surface area (Å²) in [5, 5.41) is 8.88. The number of hydrogen-bond donors (Lipinski definition) is 0. The van der Waals surface area contributed by atoms with E-state index in [1.165, 1.54) is 28.8 Å². The molecule has 3 aromatic rings. The van der Waals surface area contributed by atoms with Gasteiger partial charge in [-0.15, -0.1) is 10.2 Å². The zero-order chi connectivity index (χ0) is 24.2. The lowest BCUT2D eigenvalue weighted by molar-refractivity contribution is -0.120. The van der Waals surface area contributed by atoms with E-state index in [0.717, 1.165) is 5.75 Å². The monoisotopic (exact) mass is 484 g/mol. The van der Waals surface area contributed by atoms with Gasteiger partial charge in [-0.05, 0) is 49.1 Å². The molecule has 34 heavy (non-hydrogen) atoms. The van der Waals surface area contributed by atoms with Crippen LogP contribution in [0.15, 0.2) is 41.6 Å². The van der Waals surface area contributed by atoms with E-state index in [4.69, 9.17) is 14.2 Å². The quantitative estimate of drug-likeness (QED) is 0.432. The van der Waals surface area contributed by atoms with Gasteiger partial charge in [-0.1, -0.05) is 25.6 Å². The summed E-state index contributed by atoms with van der Waals surface area (Å²) in [7, 11) is 1.54. The fraction of sp³-hybridized carbons (Fsp3) is 0.333. The number of halogens is 1. The van der Waals surface area contributed by atoms with E-state index in [9.17, 15) is 9.18 Å². The van der Waals surface area contributed by atoms with Crippen molar-refractivity contribution in [3.05, 3.63) is 47.8 Å². The molecule has 2 aromatic carbocycles. The molecular weight excluding hydrogens is 459 g/mol. The highest BCUT2D eigenvalue weighted by molar-refractivity contribution is 7.99. The molecule has 1 aliphatic heterocycles. The Labute approximate surface area is 201 Å². The van der Waals surface area contributed by atoms with Crippen molar-refractivity contribution < 1.29 is 23.4 Å². The van der Waals surface area contributed by atoms with Crippen LogP contribution in [0.25, 0.3) is 11.3 Å². The van der Waals surface area contributed by atoms with E-state index < -0.39 is 12.0 Å². The number of anilines is 1. The number of benzene rings is 2. The second-order valence-corrected chi connectivity index (χ2v) is 8.50. The first-order valence-electron chi connectivity index (χ1n) is 11.0. The van der Waals surface area contributed by atoms with Crippen LogP contribution in [0.1, 0.15) is 39.0 Å². The number of methoxy groups -OCH3 is 1. The molecular formula is C24H25FN4O4S. The number of carbonyl (C=O) groups excluding carboxylic acids is 1. The fourth-order valence-electron chi connectivity index (χ4n) is 3.70. The minimum Gasteiger partial charge on any atom is -0.493 e. The molecule has 0 radical (unpaired) electrons. The lowest BCUT2D eigenvalue weighted by Crippen LogP contribution is -2.37. The van der Waals surface area contributed by atoms with Crippen LogP contribution < -0.4 is 19.1 Å². The van der Waals surface area contributed by atoms with Gasteiger partial charge in [0.25, 0.3) is 0 Å².